The second kappa shape index (κ2) is 4.74. The Morgan fingerprint density at radius 1 is 1.42 bits per heavy atom. The number of benzene rings is 1. The lowest BCUT2D eigenvalue weighted by atomic mass is 9.95. The Morgan fingerprint density at radius 3 is 3.00 bits per heavy atom. The predicted octanol–water partition coefficient (Wildman–Crippen LogP) is 2.60. The smallest absolute Gasteiger partial charge is 0.151 e. The summed E-state index contributed by atoms with van der Waals surface area (Å²) in [5.74, 6) is 0. The summed E-state index contributed by atoms with van der Waals surface area (Å²) in [6, 6.07) is 6.26. The van der Waals surface area contributed by atoms with Crippen LogP contribution in [0.15, 0.2) is 18.2 Å². The summed E-state index contributed by atoms with van der Waals surface area (Å²) in [6.45, 7) is 3.96. The fraction of sp³-hybridized carbons (Fsp3) is 0.375. The van der Waals surface area contributed by atoms with E-state index in [0.29, 0.717) is 0 Å². The monoisotopic (exact) mass is 254 g/mol. The highest BCUT2D eigenvalue weighted by molar-refractivity contribution is 5.98. The Bertz CT molecular complexity index is 649. The number of rotatable bonds is 2. The van der Waals surface area contributed by atoms with Gasteiger partial charge in [-0.3, -0.25) is 9.78 Å². The number of likely N-dealkylation sites (N-methyl/N-ethyl adjacent to an activating group) is 1. The zero-order chi connectivity index (χ0) is 13.4. The largest absolute Gasteiger partial charge is 0.302 e. The third kappa shape index (κ3) is 2.04. The minimum Gasteiger partial charge on any atom is -0.302 e. The molecule has 19 heavy (non-hydrogen) atoms. The molecule has 0 amide bonds. The quantitative estimate of drug-likeness (QED) is 0.772. The van der Waals surface area contributed by atoms with Crippen LogP contribution in [-0.4, -0.2) is 29.8 Å². The van der Waals surface area contributed by atoms with Gasteiger partial charge in [-0.25, -0.2) is 0 Å². The molecule has 2 aromatic rings. The molecule has 0 N–H and O–H groups in total. The van der Waals surface area contributed by atoms with Gasteiger partial charge in [0.25, 0.3) is 0 Å². The minimum absolute atomic E-state index is 0.822. The summed E-state index contributed by atoms with van der Waals surface area (Å²) in [4.78, 5) is 18.5. The maximum atomic E-state index is 11.6. The van der Waals surface area contributed by atoms with Crippen LogP contribution in [0.3, 0.4) is 0 Å². The molecule has 0 radical (unpaired) electrons. The van der Waals surface area contributed by atoms with Crippen LogP contribution in [0.1, 0.15) is 34.1 Å². The predicted molar refractivity (Wildman–Crippen MR) is 76.5 cm³/mol. The molecule has 0 aliphatic carbocycles. The van der Waals surface area contributed by atoms with Gasteiger partial charge in [0.2, 0.25) is 0 Å². The number of aldehydes is 1. The third-order valence-electron chi connectivity index (χ3n) is 3.96. The molecule has 3 nitrogen and oxygen atoms in total. The normalized spacial score (nSPS) is 15.5. The first-order valence-electron chi connectivity index (χ1n) is 6.81. The van der Waals surface area contributed by atoms with Gasteiger partial charge in [-0.05, 0) is 36.7 Å². The standard InChI is InChI=1S/C16H18N2O/c1-3-11-4-5-15-12(8-11)14(10-19)13-9-18(2)7-6-16(13)17-15/h4-5,8,10H,3,6-7,9H2,1-2H3. The summed E-state index contributed by atoms with van der Waals surface area (Å²) in [7, 11) is 2.09. The molecular weight excluding hydrogens is 236 g/mol. The van der Waals surface area contributed by atoms with Crippen molar-refractivity contribution in [2.24, 2.45) is 0 Å². The van der Waals surface area contributed by atoms with Gasteiger partial charge in [0.05, 0.1) is 5.52 Å². The number of nitrogens with zero attached hydrogens (tertiary/aromatic N) is 2. The van der Waals surface area contributed by atoms with Crippen molar-refractivity contribution in [2.45, 2.75) is 26.3 Å². The van der Waals surface area contributed by atoms with E-state index in [0.717, 1.165) is 59.9 Å². The van der Waals surface area contributed by atoms with E-state index in [1.165, 1.54) is 5.56 Å². The maximum absolute atomic E-state index is 11.6. The maximum Gasteiger partial charge on any atom is 0.151 e. The second-order valence-corrected chi connectivity index (χ2v) is 5.26. The SMILES string of the molecule is CCc1ccc2nc3c(c(C=O)c2c1)CN(C)CC3. The molecule has 3 rings (SSSR count). The first kappa shape index (κ1) is 12.3. The van der Waals surface area contributed by atoms with Crippen molar-refractivity contribution < 1.29 is 4.79 Å². The van der Waals surface area contributed by atoms with Crippen molar-refractivity contribution in [3.05, 3.63) is 40.6 Å². The molecule has 0 unspecified atom stereocenters. The number of aromatic nitrogens is 1. The molecule has 1 aromatic heterocycles. The number of carbonyl (C=O) groups is 1. The van der Waals surface area contributed by atoms with Gasteiger partial charge in [-0.1, -0.05) is 13.0 Å². The topological polar surface area (TPSA) is 33.2 Å². The molecule has 0 bridgehead atoms. The van der Waals surface area contributed by atoms with E-state index in [-0.39, 0.29) is 0 Å². The van der Waals surface area contributed by atoms with E-state index >= 15 is 0 Å². The zero-order valence-electron chi connectivity index (χ0n) is 11.4. The number of aryl methyl sites for hydroxylation is 1. The first-order valence-corrected chi connectivity index (χ1v) is 6.81. The number of fused-ring (bicyclic) bond motifs is 2. The van der Waals surface area contributed by atoms with Crippen LogP contribution in [0.25, 0.3) is 10.9 Å². The Balaban J connectivity index is 2.30. The van der Waals surface area contributed by atoms with E-state index in [1.54, 1.807) is 0 Å². The molecular formula is C16H18N2O. The fourth-order valence-corrected chi connectivity index (χ4v) is 2.81. The van der Waals surface area contributed by atoms with Crippen molar-refractivity contribution in [1.82, 2.24) is 9.88 Å². The lowest BCUT2D eigenvalue weighted by molar-refractivity contribution is 0.112. The van der Waals surface area contributed by atoms with Gasteiger partial charge in [0.15, 0.2) is 6.29 Å². The number of carbonyl (C=O) groups excluding carboxylic acids is 1. The van der Waals surface area contributed by atoms with Crippen molar-refractivity contribution in [2.75, 3.05) is 13.6 Å². The van der Waals surface area contributed by atoms with E-state index < -0.39 is 0 Å². The average Bonchev–Trinajstić information content (AvgIpc) is 2.44. The Kier molecular flexibility index (Phi) is 3.07. The summed E-state index contributed by atoms with van der Waals surface area (Å²) in [5.41, 5.74) is 5.24. The molecule has 0 saturated carbocycles. The molecule has 1 aliphatic rings. The van der Waals surface area contributed by atoms with Gasteiger partial charge in [-0.15, -0.1) is 0 Å². The van der Waals surface area contributed by atoms with E-state index in [1.807, 2.05) is 6.07 Å². The second-order valence-electron chi connectivity index (χ2n) is 5.26. The van der Waals surface area contributed by atoms with Crippen molar-refractivity contribution >= 4 is 17.2 Å². The zero-order valence-corrected chi connectivity index (χ0v) is 11.4. The van der Waals surface area contributed by atoms with Crippen LogP contribution in [0, 0.1) is 0 Å². The van der Waals surface area contributed by atoms with Crippen LogP contribution >= 0.6 is 0 Å². The van der Waals surface area contributed by atoms with Gasteiger partial charge < -0.3 is 4.90 Å². The Morgan fingerprint density at radius 2 is 2.26 bits per heavy atom. The lowest BCUT2D eigenvalue weighted by Crippen LogP contribution is -2.28. The molecule has 0 fully saturated rings. The fourth-order valence-electron chi connectivity index (χ4n) is 2.81. The highest BCUT2D eigenvalue weighted by Crippen LogP contribution is 2.27. The molecule has 1 aromatic carbocycles. The highest BCUT2D eigenvalue weighted by Gasteiger charge is 2.20. The van der Waals surface area contributed by atoms with Crippen molar-refractivity contribution in [3.8, 4) is 0 Å². The highest BCUT2D eigenvalue weighted by atomic mass is 16.1. The van der Waals surface area contributed by atoms with E-state index in [4.69, 9.17) is 4.98 Å². The van der Waals surface area contributed by atoms with E-state index in [2.05, 4.69) is 31.0 Å². The molecule has 3 heteroatoms. The van der Waals surface area contributed by atoms with Gasteiger partial charge in [-0.2, -0.15) is 0 Å². The Hall–Kier alpha value is -1.74. The van der Waals surface area contributed by atoms with Crippen LogP contribution in [0.2, 0.25) is 0 Å². The summed E-state index contributed by atoms with van der Waals surface area (Å²) in [5, 5.41) is 1.00. The van der Waals surface area contributed by atoms with Crippen molar-refractivity contribution in [3.63, 3.8) is 0 Å². The van der Waals surface area contributed by atoms with Crippen LogP contribution in [-0.2, 0) is 19.4 Å². The summed E-state index contributed by atoms with van der Waals surface area (Å²) in [6.07, 6.45) is 2.91. The summed E-state index contributed by atoms with van der Waals surface area (Å²) < 4.78 is 0. The van der Waals surface area contributed by atoms with Gasteiger partial charge in [0.1, 0.15) is 0 Å². The summed E-state index contributed by atoms with van der Waals surface area (Å²) >= 11 is 0. The molecule has 0 spiro atoms. The molecule has 0 saturated heterocycles. The number of hydrogen-bond donors (Lipinski definition) is 0. The molecule has 1 aliphatic heterocycles. The number of hydrogen-bond acceptors (Lipinski definition) is 3. The van der Waals surface area contributed by atoms with Crippen molar-refractivity contribution in [1.29, 1.82) is 0 Å². The van der Waals surface area contributed by atoms with Crippen LogP contribution in [0.4, 0.5) is 0 Å². The van der Waals surface area contributed by atoms with Gasteiger partial charge in [0, 0.05) is 36.2 Å². The third-order valence-corrected chi connectivity index (χ3v) is 3.96. The molecule has 0 atom stereocenters. The minimum atomic E-state index is 0.822. The van der Waals surface area contributed by atoms with E-state index in [9.17, 15) is 4.79 Å². The lowest BCUT2D eigenvalue weighted by Gasteiger charge is -2.26. The average molecular weight is 254 g/mol. The van der Waals surface area contributed by atoms with Gasteiger partial charge >= 0.3 is 0 Å². The van der Waals surface area contributed by atoms with Crippen LogP contribution < -0.4 is 0 Å². The molecule has 98 valence electrons. The first-order chi connectivity index (χ1) is 9.22. The number of pyridine rings is 1. The Labute approximate surface area is 113 Å². The molecule has 2 heterocycles. The van der Waals surface area contributed by atoms with Crippen LogP contribution in [0.5, 0.6) is 0 Å².